The Morgan fingerprint density at radius 2 is 1.87 bits per heavy atom. The van der Waals surface area contributed by atoms with Crippen molar-refractivity contribution in [2.24, 2.45) is 11.5 Å². The second kappa shape index (κ2) is 7.46. The molecule has 1 aromatic rings. The zero-order valence-corrected chi connectivity index (χ0v) is 13.8. The number of amides is 3. The van der Waals surface area contributed by atoms with Crippen LogP contribution < -0.4 is 16.8 Å². The maximum absolute atomic E-state index is 12.2. The summed E-state index contributed by atoms with van der Waals surface area (Å²) in [6.07, 6.45) is 1.44. The number of benzene rings is 1. The van der Waals surface area contributed by atoms with Crippen LogP contribution in [0.4, 0.5) is 4.79 Å². The van der Waals surface area contributed by atoms with Gasteiger partial charge in [-0.15, -0.1) is 0 Å². The van der Waals surface area contributed by atoms with Gasteiger partial charge in [0, 0.05) is 19.1 Å². The van der Waals surface area contributed by atoms with Crippen LogP contribution in [0.15, 0.2) is 24.3 Å². The molecule has 23 heavy (non-hydrogen) atoms. The van der Waals surface area contributed by atoms with Gasteiger partial charge in [0.05, 0.1) is 0 Å². The molecule has 1 aliphatic heterocycles. The molecule has 0 saturated carbocycles. The van der Waals surface area contributed by atoms with Gasteiger partial charge >= 0.3 is 6.03 Å². The van der Waals surface area contributed by atoms with Crippen LogP contribution in [-0.2, 0) is 4.79 Å². The van der Waals surface area contributed by atoms with E-state index in [-0.39, 0.29) is 11.9 Å². The molecule has 2 rings (SSSR count). The number of hydrogen-bond acceptors (Lipinski definition) is 3. The van der Waals surface area contributed by atoms with Crippen molar-refractivity contribution in [1.29, 1.82) is 0 Å². The van der Waals surface area contributed by atoms with E-state index in [1.54, 1.807) is 0 Å². The fourth-order valence-corrected chi connectivity index (χ4v) is 2.88. The second-order valence-electron chi connectivity index (χ2n) is 6.36. The summed E-state index contributed by atoms with van der Waals surface area (Å²) in [4.78, 5) is 24.9. The Labute approximate surface area is 137 Å². The number of nitrogens with one attached hydrogen (secondary N) is 1. The number of nitrogens with two attached hydrogens (primary N) is 2. The van der Waals surface area contributed by atoms with E-state index >= 15 is 0 Å². The highest BCUT2D eigenvalue weighted by molar-refractivity contribution is 5.87. The topological polar surface area (TPSA) is 101 Å². The molecule has 0 spiro atoms. The van der Waals surface area contributed by atoms with Gasteiger partial charge in [-0.1, -0.05) is 38.1 Å². The lowest BCUT2D eigenvalue weighted by Crippen LogP contribution is -2.49. The Kier molecular flexibility index (Phi) is 5.60. The number of hydrogen-bond donors (Lipinski definition) is 3. The van der Waals surface area contributed by atoms with E-state index in [0.717, 1.165) is 12.0 Å². The quantitative estimate of drug-likeness (QED) is 0.766. The molecule has 5 N–H and O–H groups in total. The van der Waals surface area contributed by atoms with E-state index in [1.165, 1.54) is 10.5 Å². The molecule has 1 aliphatic rings. The molecular weight excluding hydrogens is 292 g/mol. The molecule has 0 aliphatic carbocycles. The van der Waals surface area contributed by atoms with Gasteiger partial charge in [-0.05, 0) is 29.9 Å². The van der Waals surface area contributed by atoms with Gasteiger partial charge in [-0.2, -0.15) is 0 Å². The molecule has 0 aromatic heterocycles. The Balaban J connectivity index is 1.89. The Bertz CT molecular complexity index is 556. The molecule has 6 nitrogen and oxygen atoms in total. The van der Waals surface area contributed by atoms with Crippen molar-refractivity contribution in [3.63, 3.8) is 0 Å². The van der Waals surface area contributed by atoms with Crippen molar-refractivity contribution in [2.45, 2.75) is 44.7 Å². The lowest BCUT2D eigenvalue weighted by Gasteiger charge is -2.22. The number of carbonyl (C=O) groups excluding carboxylic acids is 2. The summed E-state index contributed by atoms with van der Waals surface area (Å²) in [5.41, 5.74) is 13.7. The monoisotopic (exact) mass is 318 g/mol. The molecule has 0 radical (unpaired) electrons. The largest absolute Gasteiger partial charge is 0.352 e. The van der Waals surface area contributed by atoms with Crippen LogP contribution in [0.3, 0.4) is 0 Å². The molecule has 1 heterocycles. The summed E-state index contributed by atoms with van der Waals surface area (Å²) in [6, 6.07) is 6.83. The van der Waals surface area contributed by atoms with Gasteiger partial charge in [-0.3, -0.25) is 4.79 Å². The Hall–Kier alpha value is -2.08. The van der Waals surface area contributed by atoms with Crippen LogP contribution in [0.5, 0.6) is 0 Å². The lowest BCUT2D eigenvalue weighted by atomic mass is 9.99. The molecule has 3 amide bonds. The Morgan fingerprint density at radius 3 is 2.43 bits per heavy atom. The van der Waals surface area contributed by atoms with E-state index in [9.17, 15) is 9.59 Å². The van der Waals surface area contributed by atoms with E-state index in [2.05, 4.69) is 31.3 Å². The molecule has 1 saturated heterocycles. The van der Waals surface area contributed by atoms with Crippen molar-refractivity contribution >= 4 is 11.9 Å². The van der Waals surface area contributed by atoms with E-state index < -0.39 is 12.1 Å². The van der Waals surface area contributed by atoms with Crippen LogP contribution in [0.25, 0.3) is 0 Å². The third-order valence-electron chi connectivity index (χ3n) is 4.37. The minimum atomic E-state index is -0.545. The smallest absolute Gasteiger partial charge is 0.315 e. The SMILES string of the molecule is CC(C)c1ccc(C(N)CNC(=O)[C@@H]2CCCN2C(N)=O)cc1. The summed E-state index contributed by atoms with van der Waals surface area (Å²) in [7, 11) is 0. The van der Waals surface area contributed by atoms with E-state index in [4.69, 9.17) is 11.5 Å². The third-order valence-corrected chi connectivity index (χ3v) is 4.37. The molecule has 0 bridgehead atoms. The van der Waals surface area contributed by atoms with Crippen LogP contribution in [-0.4, -0.2) is 36.0 Å². The molecule has 1 unspecified atom stereocenters. The fourth-order valence-electron chi connectivity index (χ4n) is 2.88. The maximum atomic E-state index is 12.2. The first kappa shape index (κ1) is 17.3. The summed E-state index contributed by atoms with van der Waals surface area (Å²) in [5.74, 6) is 0.290. The summed E-state index contributed by atoms with van der Waals surface area (Å²) in [6.45, 7) is 5.15. The number of urea groups is 1. The van der Waals surface area contributed by atoms with Crippen LogP contribution >= 0.6 is 0 Å². The van der Waals surface area contributed by atoms with Crippen molar-refractivity contribution in [3.05, 3.63) is 35.4 Å². The van der Waals surface area contributed by atoms with Crippen LogP contribution in [0.2, 0.25) is 0 Å². The number of rotatable bonds is 5. The maximum Gasteiger partial charge on any atom is 0.315 e. The lowest BCUT2D eigenvalue weighted by molar-refractivity contribution is -0.124. The zero-order valence-electron chi connectivity index (χ0n) is 13.8. The Morgan fingerprint density at radius 1 is 1.26 bits per heavy atom. The number of primary amides is 1. The molecular formula is C17H26N4O2. The van der Waals surface area contributed by atoms with Crippen molar-refractivity contribution in [1.82, 2.24) is 10.2 Å². The molecule has 126 valence electrons. The van der Waals surface area contributed by atoms with Gasteiger partial charge in [-0.25, -0.2) is 4.79 Å². The summed E-state index contributed by atoms with van der Waals surface area (Å²) < 4.78 is 0. The normalized spacial score (nSPS) is 19.0. The van der Waals surface area contributed by atoms with Crippen molar-refractivity contribution < 1.29 is 9.59 Å². The van der Waals surface area contributed by atoms with Crippen molar-refractivity contribution in [3.8, 4) is 0 Å². The van der Waals surface area contributed by atoms with Gasteiger partial charge < -0.3 is 21.7 Å². The van der Waals surface area contributed by atoms with E-state index in [0.29, 0.717) is 25.4 Å². The average molecular weight is 318 g/mol. The van der Waals surface area contributed by atoms with Gasteiger partial charge in [0.25, 0.3) is 0 Å². The highest BCUT2D eigenvalue weighted by Crippen LogP contribution is 2.19. The number of nitrogens with zero attached hydrogens (tertiary/aromatic N) is 1. The predicted molar refractivity (Wildman–Crippen MR) is 89.8 cm³/mol. The first-order valence-corrected chi connectivity index (χ1v) is 8.09. The number of likely N-dealkylation sites (tertiary alicyclic amines) is 1. The average Bonchev–Trinajstić information content (AvgIpc) is 3.02. The molecule has 1 aromatic carbocycles. The van der Waals surface area contributed by atoms with Crippen molar-refractivity contribution in [2.75, 3.05) is 13.1 Å². The molecule has 1 fully saturated rings. The van der Waals surface area contributed by atoms with Gasteiger partial charge in [0.2, 0.25) is 5.91 Å². The fraction of sp³-hybridized carbons (Fsp3) is 0.529. The van der Waals surface area contributed by atoms with Gasteiger partial charge in [0.1, 0.15) is 6.04 Å². The molecule has 2 atom stereocenters. The highest BCUT2D eigenvalue weighted by atomic mass is 16.2. The summed E-state index contributed by atoms with van der Waals surface area (Å²) in [5, 5.41) is 2.83. The minimum Gasteiger partial charge on any atom is -0.352 e. The van der Waals surface area contributed by atoms with Crippen LogP contribution in [0, 0.1) is 0 Å². The number of carbonyl (C=O) groups is 2. The standard InChI is InChI=1S/C17H26N4O2/c1-11(2)12-5-7-13(8-6-12)14(18)10-20-16(22)15-4-3-9-21(15)17(19)23/h5-8,11,14-15H,3-4,9-10,18H2,1-2H3,(H2,19,23)(H,20,22)/t14?,15-/m0/s1. The minimum absolute atomic E-state index is 0.185. The van der Waals surface area contributed by atoms with Crippen LogP contribution in [0.1, 0.15) is 49.8 Å². The van der Waals surface area contributed by atoms with Gasteiger partial charge in [0.15, 0.2) is 0 Å². The first-order valence-electron chi connectivity index (χ1n) is 8.09. The zero-order chi connectivity index (χ0) is 17.0. The molecule has 6 heteroatoms. The first-order chi connectivity index (χ1) is 10.9. The second-order valence-corrected chi connectivity index (χ2v) is 6.36. The van der Waals surface area contributed by atoms with E-state index in [1.807, 2.05) is 12.1 Å². The predicted octanol–water partition coefficient (Wildman–Crippen LogP) is 1.47. The third kappa shape index (κ3) is 4.22. The highest BCUT2D eigenvalue weighted by Gasteiger charge is 2.32. The summed E-state index contributed by atoms with van der Waals surface area (Å²) >= 11 is 0.